The Morgan fingerprint density at radius 3 is 2.61 bits per heavy atom. The van der Waals surface area contributed by atoms with Gasteiger partial charge in [-0.3, -0.25) is 4.79 Å². The quantitative estimate of drug-likeness (QED) is 0.736. The molecule has 0 bridgehead atoms. The van der Waals surface area contributed by atoms with Gasteiger partial charge >= 0.3 is 0 Å². The first-order chi connectivity index (χ1) is 13.1. The van der Waals surface area contributed by atoms with E-state index in [0.717, 1.165) is 48.6 Å². The van der Waals surface area contributed by atoms with E-state index in [9.17, 15) is 4.79 Å². The van der Waals surface area contributed by atoms with Crippen LogP contribution in [-0.2, 0) is 16.1 Å². The van der Waals surface area contributed by atoms with Crippen LogP contribution >= 0.6 is 12.4 Å². The SMILES string of the molecule is COCC1(C(=O)NCc2ccccc2Oc2cccc(C)c2)CCNCC1.Cl. The molecule has 1 aliphatic rings. The molecule has 0 unspecified atom stereocenters. The summed E-state index contributed by atoms with van der Waals surface area (Å²) < 4.78 is 11.4. The highest BCUT2D eigenvalue weighted by Gasteiger charge is 2.39. The number of benzene rings is 2. The molecule has 0 saturated carbocycles. The van der Waals surface area contributed by atoms with Crippen LogP contribution in [0.3, 0.4) is 0 Å². The number of methoxy groups -OCH3 is 1. The standard InChI is InChI=1S/C22H28N2O3.ClH/c1-17-6-5-8-19(14-17)27-20-9-4-3-7-18(20)15-24-21(25)22(16-26-2)10-12-23-13-11-22;/h3-9,14,23H,10-13,15-16H2,1-2H3,(H,24,25);1H. The van der Waals surface area contributed by atoms with Crippen LogP contribution in [0.5, 0.6) is 11.5 Å². The molecule has 1 saturated heterocycles. The van der Waals surface area contributed by atoms with Crippen molar-refractivity contribution < 1.29 is 14.3 Å². The number of nitrogens with one attached hydrogen (secondary N) is 2. The van der Waals surface area contributed by atoms with Gasteiger partial charge in [0.25, 0.3) is 0 Å². The largest absolute Gasteiger partial charge is 0.457 e. The predicted octanol–water partition coefficient (Wildman–Crippen LogP) is 3.84. The summed E-state index contributed by atoms with van der Waals surface area (Å²) >= 11 is 0. The van der Waals surface area contributed by atoms with Crippen LogP contribution in [0.15, 0.2) is 48.5 Å². The number of hydrogen-bond acceptors (Lipinski definition) is 4. The van der Waals surface area contributed by atoms with Gasteiger partial charge in [0.05, 0.1) is 12.0 Å². The lowest BCUT2D eigenvalue weighted by molar-refractivity contribution is -0.136. The maximum atomic E-state index is 12.9. The van der Waals surface area contributed by atoms with Gasteiger partial charge in [-0.25, -0.2) is 0 Å². The van der Waals surface area contributed by atoms with Gasteiger partial charge in [0, 0.05) is 19.2 Å². The first kappa shape index (κ1) is 22.2. The molecule has 1 aliphatic heterocycles. The molecule has 1 heterocycles. The normalized spacial score (nSPS) is 15.4. The molecule has 2 aromatic rings. The maximum Gasteiger partial charge on any atom is 0.228 e. The molecule has 3 rings (SSSR count). The van der Waals surface area contributed by atoms with Gasteiger partial charge in [-0.2, -0.15) is 0 Å². The number of carbonyl (C=O) groups is 1. The van der Waals surface area contributed by atoms with Crippen LogP contribution in [-0.4, -0.2) is 32.7 Å². The molecule has 0 aliphatic carbocycles. The van der Waals surface area contributed by atoms with Crippen molar-refractivity contribution in [3.8, 4) is 11.5 Å². The lowest BCUT2D eigenvalue weighted by Gasteiger charge is -2.35. The molecule has 1 amide bonds. The Kier molecular flexibility index (Phi) is 8.30. The second kappa shape index (κ2) is 10.5. The molecule has 0 atom stereocenters. The summed E-state index contributed by atoms with van der Waals surface area (Å²) in [4.78, 5) is 12.9. The molecule has 0 spiro atoms. The molecule has 0 aromatic heterocycles. The monoisotopic (exact) mass is 404 g/mol. The van der Waals surface area contributed by atoms with Crippen molar-refractivity contribution in [2.24, 2.45) is 5.41 Å². The van der Waals surface area contributed by atoms with Crippen molar-refractivity contribution in [1.29, 1.82) is 0 Å². The zero-order chi connectivity index (χ0) is 19.1. The summed E-state index contributed by atoms with van der Waals surface area (Å²) in [5, 5.41) is 6.42. The van der Waals surface area contributed by atoms with E-state index >= 15 is 0 Å². The van der Waals surface area contributed by atoms with Crippen LogP contribution in [0.4, 0.5) is 0 Å². The maximum absolute atomic E-state index is 12.9. The molecule has 28 heavy (non-hydrogen) atoms. The van der Waals surface area contributed by atoms with Gasteiger partial charge in [-0.15, -0.1) is 12.4 Å². The lowest BCUT2D eigenvalue weighted by Crippen LogP contribution is -2.49. The molecular formula is C22H29ClN2O3. The molecule has 2 aromatic carbocycles. The van der Waals surface area contributed by atoms with Crippen molar-refractivity contribution in [2.45, 2.75) is 26.3 Å². The van der Waals surface area contributed by atoms with E-state index < -0.39 is 5.41 Å². The lowest BCUT2D eigenvalue weighted by atomic mass is 9.78. The summed E-state index contributed by atoms with van der Waals surface area (Å²) in [7, 11) is 1.65. The van der Waals surface area contributed by atoms with Crippen molar-refractivity contribution in [2.75, 3.05) is 26.8 Å². The van der Waals surface area contributed by atoms with E-state index in [0.29, 0.717) is 13.2 Å². The van der Waals surface area contributed by atoms with Crippen LogP contribution in [0.1, 0.15) is 24.0 Å². The zero-order valence-electron chi connectivity index (χ0n) is 16.5. The molecule has 152 valence electrons. The van der Waals surface area contributed by atoms with Gasteiger partial charge < -0.3 is 20.1 Å². The van der Waals surface area contributed by atoms with E-state index in [2.05, 4.69) is 10.6 Å². The fourth-order valence-electron chi connectivity index (χ4n) is 3.54. The summed E-state index contributed by atoms with van der Waals surface area (Å²) in [5.41, 5.74) is 1.64. The second-order valence-corrected chi connectivity index (χ2v) is 7.17. The molecule has 5 nitrogen and oxygen atoms in total. The number of rotatable bonds is 7. The first-order valence-corrected chi connectivity index (χ1v) is 9.43. The van der Waals surface area contributed by atoms with Crippen molar-refractivity contribution in [3.63, 3.8) is 0 Å². The van der Waals surface area contributed by atoms with Crippen molar-refractivity contribution >= 4 is 18.3 Å². The van der Waals surface area contributed by atoms with Crippen molar-refractivity contribution in [1.82, 2.24) is 10.6 Å². The van der Waals surface area contributed by atoms with Gasteiger partial charge in [0.2, 0.25) is 5.91 Å². The minimum Gasteiger partial charge on any atom is -0.457 e. The third-order valence-electron chi connectivity index (χ3n) is 5.09. The first-order valence-electron chi connectivity index (χ1n) is 9.43. The van der Waals surface area contributed by atoms with E-state index in [1.54, 1.807) is 7.11 Å². The van der Waals surface area contributed by atoms with Crippen LogP contribution in [0, 0.1) is 12.3 Å². The highest BCUT2D eigenvalue weighted by Crippen LogP contribution is 2.30. The van der Waals surface area contributed by atoms with E-state index in [1.165, 1.54) is 0 Å². The van der Waals surface area contributed by atoms with Crippen LogP contribution in [0.2, 0.25) is 0 Å². The minimum atomic E-state index is -0.452. The Hall–Kier alpha value is -2.08. The fourth-order valence-corrected chi connectivity index (χ4v) is 3.54. The number of halogens is 1. The Bertz CT molecular complexity index is 770. The van der Waals surface area contributed by atoms with Crippen molar-refractivity contribution in [3.05, 3.63) is 59.7 Å². The third kappa shape index (κ3) is 5.47. The van der Waals surface area contributed by atoms with Gasteiger partial charge in [-0.05, 0) is 56.6 Å². The Morgan fingerprint density at radius 2 is 1.89 bits per heavy atom. The minimum absolute atomic E-state index is 0. The van der Waals surface area contributed by atoms with Gasteiger partial charge in [0.1, 0.15) is 11.5 Å². The summed E-state index contributed by atoms with van der Waals surface area (Å²) in [6.07, 6.45) is 1.57. The number of para-hydroxylation sites is 1. The van der Waals surface area contributed by atoms with E-state index in [-0.39, 0.29) is 18.3 Å². The number of ether oxygens (including phenoxy) is 2. The second-order valence-electron chi connectivity index (χ2n) is 7.17. The molecule has 0 radical (unpaired) electrons. The Morgan fingerprint density at radius 1 is 1.14 bits per heavy atom. The van der Waals surface area contributed by atoms with E-state index in [4.69, 9.17) is 9.47 Å². The Labute approximate surface area is 173 Å². The van der Waals surface area contributed by atoms with Gasteiger partial charge in [-0.1, -0.05) is 30.3 Å². The number of amides is 1. The highest BCUT2D eigenvalue weighted by atomic mass is 35.5. The summed E-state index contributed by atoms with van der Waals surface area (Å²) in [6, 6.07) is 15.8. The molecular weight excluding hydrogens is 376 g/mol. The number of hydrogen-bond donors (Lipinski definition) is 2. The van der Waals surface area contributed by atoms with Crippen LogP contribution < -0.4 is 15.4 Å². The average molecular weight is 405 g/mol. The smallest absolute Gasteiger partial charge is 0.228 e. The number of piperidine rings is 1. The summed E-state index contributed by atoms with van der Waals surface area (Å²) in [6.45, 7) is 4.59. The number of carbonyl (C=O) groups excluding carboxylic acids is 1. The highest BCUT2D eigenvalue weighted by molar-refractivity contribution is 5.85. The van der Waals surface area contributed by atoms with Gasteiger partial charge in [0.15, 0.2) is 0 Å². The Balaban J connectivity index is 0.00000280. The fraction of sp³-hybridized carbons (Fsp3) is 0.409. The zero-order valence-corrected chi connectivity index (χ0v) is 17.3. The molecule has 6 heteroatoms. The van der Waals surface area contributed by atoms with Crippen LogP contribution in [0.25, 0.3) is 0 Å². The third-order valence-corrected chi connectivity index (χ3v) is 5.09. The molecule has 1 fully saturated rings. The van der Waals surface area contributed by atoms with E-state index in [1.807, 2.05) is 55.5 Å². The predicted molar refractivity (Wildman–Crippen MR) is 113 cm³/mol. The number of aryl methyl sites for hydroxylation is 1. The topological polar surface area (TPSA) is 59.6 Å². The summed E-state index contributed by atoms with van der Waals surface area (Å²) in [5.74, 6) is 1.61. The average Bonchev–Trinajstić information content (AvgIpc) is 2.68. The molecule has 2 N–H and O–H groups in total.